The molecule has 19 heteroatoms. The van der Waals surface area contributed by atoms with Gasteiger partial charge in [0.05, 0.1) is 54.4 Å². The number of non-ortho nitro benzene ring substituents is 1. The molecule has 5 aromatic carbocycles. The van der Waals surface area contributed by atoms with Gasteiger partial charge in [-0.3, -0.25) is 30.2 Å². The molecular formula is C42H40ClN9O9. The molecule has 0 fully saturated rings. The molecule has 0 saturated heterocycles. The first-order valence-corrected chi connectivity index (χ1v) is 18.6. The minimum Gasteiger partial charge on any atom is -0.478 e. The number of fused-ring (bicyclic) bond motifs is 3. The van der Waals surface area contributed by atoms with Gasteiger partial charge >= 0.3 is 18.0 Å². The van der Waals surface area contributed by atoms with Crippen molar-refractivity contribution in [3.05, 3.63) is 151 Å². The molecule has 0 bridgehead atoms. The number of aromatic carboxylic acids is 2. The van der Waals surface area contributed by atoms with Crippen molar-refractivity contribution in [1.82, 2.24) is 30.2 Å². The number of nitro groups is 1. The number of halogens is 1. The molecule has 0 spiro atoms. The number of carbonyl (C=O) groups is 3. The van der Waals surface area contributed by atoms with Gasteiger partial charge in [0.25, 0.3) is 11.2 Å². The highest BCUT2D eigenvalue weighted by atomic mass is 35.5. The summed E-state index contributed by atoms with van der Waals surface area (Å²) in [5.41, 5.74) is 11.0. The molecule has 8 N–H and O–H groups in total. The number of nitro benzene ring substituents is 1. The van der Waals surface area contributed by atoms with E-state index in [1.54, 1.807) is 54.6 Å². The zero-order valence-corrected chi connectivity index (χ0v) is 34.1. The van der Waals surface area contributed by atoms with Crippen LogP contribution in [-0.4, -0.2) is 68.9 Å². The number of hydrogen-bond acceptors (Lipinski definition) is 11. The first kappa shape index (κ1) is 44.1. The quantitative estimate of drug-likeness (QED) is 0.0485. The molecule has 3 aromatic heterocycles. The number of nitrogens with one attached hydrogen (secondary N) is 4. The number of nitrogens with zero attached hydrogens (tertiary/aromatic N) is 4. The van der Waals surface area contributed by atoms with Crippen molar-refractivity contribution in [3.63, 3.8) is 0 Å². The maximum Gasteiger partial charge on any atom is 0.435 e. The molecule has 8 aromatic rings. The smallest absolute Gasteiger partial charge is 0.435 e. The summed E-state index contributed by atoms with van der Waals surface area (Å²) < 4.78 is 6.56. The van der Waals surface area contributed by atoms with Crippen molar-refractivity contribution in [2.75, 3.05) is 11.1 Å². The van der Waals surface area contributed by atoms with E-state index >= 15 is 0 Å². The number of aryl methyl sites for hydroxylation is 2. The van der Waals surface area contributed by atoms with Crippen LogP contribution in [0.2, 0.25) is 5.02 Å². The van der Waals surface area contributed by atoms with Gasteiger partial charge in [0.1, 0.15) is 5.60 Å². The number of benzene rings is 5. The van der Waals surface area contributed by atoms with Gasteiger partial charge in [-0.05, 0) is 101 Å². The third-order valence-electron chi connectivity index (χ3n) is 8.51. The number of anilines is 3. The topological polar surface area (TPSA) is 277 Å². The van der Waals surface area contributed by atoms with E-state index in [4.69, 9.17) is 32.3 Å². The molecule has 0 aliphatic rings. The summed E-state index contributed by atoms with van der Waals surface area (Å²) >= 11 is 5.54. The Morgan fingerprint density at radius 1 is 0.852 bits per heavy atom. The van der Waals surface area contributed by atoms with Gasteiger partial charge in [-0.1, -0.05) is 35.9 Å². The lowest BCUT2D eigenvalue weighted by molar-refractivity contribution is -0.384. The number of ether oxygens (including phenoxy) is 1. The van der Waals surface area contributed by atoms with Crippen molar-refractivity contribution in [1.29, 1.82) is 0 Å². The lowest BCUT2D eigenvalue weighted by atomic mass is 10.1. The van der Waals surface area contributed by atoms with E-state index in [1.165, 1.54) is 28.9 Å². The number of hydrogen-bond donors (Lipinski definition) is 7. The van der Waals surface area contributed by atoms with E-state index in [0.717, 1.165) is 33.4 Å². The summed E-state index contributed by atoms with van der Waals surface area (Å²) in [6, 6.07) is 28.3. The molecule has 3 heterocycles. The molecule has 18 nitrogen and oxygen atoms in total. The molecule has 0 amide bonds. The summed E-state index contributed by atoms with van der Waals surface area (Å²) in [6.07, 6.45) is -0.494. The van der Waals surface area contributed by atoms with Crippen LogP contribution in [0.3, 0.4) is 0 Å². The van der Waals surface area contributed by atoms with Gasteiger partial charge in [0.15, 0.2) is 0 Å². The molecule has 0 aliphatic carbocycles. The van der Waals surface area contributed by atoms with Gasteiger partial charge in [0.2, 0.25) is 0 Å². The van der Waals surface area contributed by atoms with Crippen LogP contribution in [0.15, 0.2) is 108 Å². The summed E-state index contributed by atoms with van der Waals surface area (Å²) in [5, 5.41) is 50.0. The zero-order valence-electron chi connectivity index (χ0n) is 33.3. The number of H-pyrrole nitrogens is 3. The minimum absolute atomic E-state index is 0.0391. The number of nitrogens with two attached hydrogens (primary N) is 1. The normalized spacial score (nSPS) is 10.7. The summed E-state index contributed by atoms with van der Waals surface area (Å²) in [4.78, 5) is 54.4. The Labute approximate surface area is 351 Å². The van der Waals surface area contributed by atoms with Gasteiger partial charge in [0, 0.05) is 40.0 Å². The minimum atomic E-state index is -0.995. The van der Waals surface area contributed by atoms with Crippen LogP contribution in [0.25, 0.3) is 32.7 Å². The van der Waals surface area contributed by atoms with Gasteiger partial charge in [-0.2, -0.15) is 14.9 Å². The monoisotopic (exact) mass is 849 g/mol. The number of carbonyl (C=O) groups excluding carboxylic acids is 1. The fourth-order valence-electron chi connectivity index (χ4n) is 5.66. The zero-order chi connectivity index (χ0) is 44.6. The van der Waals surface area contributed by atoms with Crippen LogP contribution in [0, 0.1) is 24.0 Å². The van der Waals surface area contributed by atoms with Crippen molar-refractivity contribution < 1.29 is 34.3 Å². The van der Waals surface area contributed by atoms with Crippen LogP contribution in [0.5, 0.6) is 0 Å². The van der Waals surface area contributed by atoms with Crippen molar-refractivity contribution in [3.8, 4) is 0 Å². The Kier molecular flexibility index (Phi) is 13.5. The summed E-state index contributed by atoms with van der Waals surface area (Å²) in [6.45, 7) is 9.26. The largest absolute Gasteiger partial charge is 0.478 e. The molecule has 0 unspecified atom stereocenters. The van der Waals surface area contributed by atoms with Crippen LogP contribution < -0.4 is 16.6 Å². The third kappa shape index (κ3) is 11.1. The third-order valence-corrected chi connectivity index (χ3v) is 8.84. The second-order valence-corrected chi connectivity index (χ2v) is 14.6. The summed E-state index contributed by atoms with van der Waals surface area (Å²) in [7, 11) is 0. The van der Waals surface area contributed by atoms with E-state index in [-0.39, 0.29) is 27.4 Å². The number of para-hydroxylation sites is 1. The lowest BCUT2D eigenvalue weighted by Crippen LogP contribution is -2.27. The fraction of sp³-hybridized carbons (Fsp3) is 0.143. The standard InChI is InChI=1S/C15H13N3O2.C13H17N3O2.C7H5ClO2.C7H5N3O3/c1-9-11-7-6-10(8-14(11)18-17-9)16-13-5-3-2-4-12(13)15(19)20;1-8-10-6-5-9(14)7-11(10)16(15-8)12(17)18-13(2,3)4;8-6-4-2-1-3-5(6)7(9)10;11-7-5-2-1-4(10(12)13)3-6(5)8-9-7/h2-8,16H,1H3,(H,17,18)(H,19,20);5-7H,14H2,1-4H3;1-4H,(H,9,10);1-3H,(H2,8,9,11). The molecular weight excluding hydrogens is 810 g/mol. The maximum atomic E-state index is 12.0. The van der Waals surface area contributed by atoms with Crippen LogP contribution in [0.4, 0.5) is 27.5 Å². The average molecular weight is 850 g/mol. The van der Waals surface area contributed by atoms with Crippen LogP contribution >= 0.6 is 11.6 Å². The highest BCUT2D eigenvalue weighted by molar-refractivity contribution is 6.33. The molecule has 61 heavy (non-hydrogen) atoms. The van der Waals surface area contributed by atoms with Gasteiger partial charge in [-0.15, -0.1) is 0 Å². The maximum absolute atomic E-state index is 12.0. The fourth-order valence-corrected chi connectivity index (χ4v) is 5.88. The number of carboxylic acids is 2. The van der Waals surface area contributed by atoms with E-state index < -0.39 is 28.6 Å². The number of aromatic nitrogens is 6. The highest BCUT2D eigenvalue weighted by Gasteiger charge is 2.21. The molecule has 0 aliphatic heterocycles. The Morgan fingerprint density at radius 3 is 2.13 bits per heavy atom. The van der Waals surface area contributed by atoms with Crippen LogP contribution in [-0.2, 0) is 4.74 Å². The molecule has 8 rings (SSSR count). The van der Waals surface area contributed by atoms with E-state index in [1.807, 2.05) is 58.9 Å². The van der Waals surface area contributed by atoms with E-state index in [2.05, 4.69) is 30.8 Å². The van der Waals surface area contributed by atoms with E-state index in [0.29, 0.717) is 27.8 Å². The van der Waals surface area contributed by atoms with Crippen molar-refractivity contribution >= 4 is 85.1 Å². The Balaban J connectivity index is 0.000000159. The second kappa shape index (κ2) is 18.7. The number of aromatic amines is 3. The number of carboxylic acid groups (broad SMARTS) is 2. The first-order valence-electron chi connectivity index (χ1n) is 18.2. The molecule has 314 valence electrons. The van der Waals surface area contributed by atoms with Crippen molar-refractivity contribution in [2.24, 2.45) is 0 Å². The van der Waals surface area contributed by atoms with Gasteiger partial charge in [-0.25, -0.2) is 14.4 Å². The molecule has 0 atom stereocenters. The number of rotatable bonds is 5. The Morgan fingerprint density at radius 2 is 1.49 bits per heavy atom. The average Bonchev–Trinajstić information content (AvgIpc) is 3.88. The highest BCUT2D eigenvalue weighted by Crippen LogP contribution is 2.25. The predicted molar refractivity (Wildman–Crippen MR) is 232 cm³/mol. The first-order chi connectivity index (χ1) is 28.8. The predicted octanol–water partition coefficient (Wildman–Crippen LogP) is 8.83. The summed E-state index contributed by atoms with van der Waals surface area (Å²) in [5.74, 6) is -1.95. The Bertz CT molecular complexity index is 2960. The van der Waals surface area contributed by atoms with Crippen molar-refractivity contribution in [2.45, 2.75) is 40.2 Å². The number of nitrogen functional groups attached to an aromatic ring is 1. The Hall–Kier alpha value is -7.99. The van der Waals surface area contributed by atoms with Gasteiger partial charge < -0.3 is 26.0 Å². The van der Waals surface area contributed by atoms with E-state index in [9.17, 15) is 29.3 Å². The molecule has 0 saturated carbocycles. The SMILES string of the molecule is Cc1[nH]nc2cc(Nc3ccccc3C(=O)O)ccc12.Cc1nn(C(=O)OC(C)(C)C)c2cc(N)ccc12.O=C(O)c1ccccc1Cl.O=c1[nH][nH]c2cc([N+](=O)[O-])ccc12. The molecule has 0 radical (unpaired) electrons. The lowest BCUT2D eigenvalue weighted by Gasteiger charge is -2.19. The van der Waals surface area contributed by atoms with Crippen LogP contribution in [0.1, 0.15) is 52.9 Å². The second-order valence-electron chi connectivity index (χ2n) is 14.2.